The maximum Gasteiger partial charge on any atom is 0.414 e. The number of nitrogen functional groups attached to an aromatic ring is 1. The largest absolute Gasteiger partial charge is 0.473 e. The van der Waals surface area contributed by atoms with Crippen molar-refractivity contribution in [3.8, 4) is 6.07 Å². The van der Waals surface area contributed by atoms with Crippen molar-refractivity contribution >= 4 is 17.6 Å². The highest BCUT2D eigenvalue weighted by molar-refractivity contribution is 6.27. The van der Waals surface area contributed by atoms with Gasteiger partial charge in [0.2, 0.25) is 0 Å². The lowest BCUT2D eigenvalue weighted by Gasteiger charge is -1.96. The Labute approximate surface area is 90.7 Å². The van der Waals surface area contributed by atoms with Crippen LogP contribution < -0.4 is 11.3 Å². The summed E-state index contributed by atoms with van der Waals surface area (Å²) in [6.07, 6.45) is 0. The highest BCUT2D eigenvalue weighted by Gasteiger charge is 2.04. The molecule has 1 aromatic carbocycles. The van der Waals surface area contributed by atoms with Gasteiger partial charge in [0, 0.05) is 5.69 Å². The number of nitrogens with zero attached hydrogens (tertiary/aromatic N) is 1. The summed E-state index contributed by atoms with van der Waals surface area (Å²) < 4.78 is 0. The number of carboxylic acids is 2. The smallest absolute Gasteiger partial charge is 0.414 e. The lowest BCUT2D eigenvalue weighted by Crippen LogP contribution is -2.09. The summed E-state index contributed by atoms with van der Waals surface area (Å²) >= 11 is 0. The highest BCUT2D eigenvalue weighted by Crippen LogP contribution is 2.06. The van der Waals surface area contributed by atoms with Gasteiger partial charge >= 0.3 is 11.9 Å². The first-order valence-electron chi connectivity index (χ1n) is 3.94. The van der Waals surface area contributed by atoms with Gasteiger partial charge in [-0.1, -0.05) is 6.07 Å². The molecule has 7 heteroatoms. The summed E-state index contributed by atoms with van der Waals surface area (Å²) in [5, 5.41) is 23.2. The van der Waals surface area contributed by atoms with E-state index in [1.54, 1.807) is 24.3 Å². The van der Waals surface area contributed by atoms with Crippen molar-refractivity contribution in [3.63, 3.8) is 0 Å². The minimum Gasteiger partial charge on any atom is -0.473 e. The molecule has 16 heavy (non-hydrogen) atoms. The van der Waals surface area contributed by atoms with E-state index < -0.39 is 11.9 Å². The van der Waals surface area contributed by atoms with Gasteiger partial charge in [-0.3, -0.25) is 5.84 Å². The van der Waals surface area contributed by atoms with E-state index in [0.29, 0.717) is 5.56 Å². The van der Waals surface area contributed by atoms with Crippen LogP contribution in [0.2, 0.25) is 0 Å². The highest BCUT2D eigenvalue weighted by atomic mass is 16.4. The van der Waals surface area contributed by atoms with Gasteiger partial charge in [0.15, 0.2) is 0 Å². The Bertz CT molecular complexity index is 413. The number of aliphatic carboxylic acids is 2. The van der Waals surface area contributed by atoms with E-state index in [0.717, 1.165) is 5.69 Å². The first-order valence-corrected chi connectivity index (χ1v) is 3.94. The van der Waals surface area contributed by atoms with Gasteiger partial charge in [0.05, 0.1) is 11.6 Å². The van der Waals surface area contributed by atoms with Gasteiger partial charge in [-0.25, -0.2) is 9.59 Å². The normalized spacial score (nSPS) is 8.00. The van der Waals surface area contributed by atoms with Crippen molar-refractivity contribution in [2.45, 2.75) is 0 Å². The number of carboxylic acid groups (broad SMARTS) is 2. The van der Waals surface area contributed by atoms with Crippen LogP contribution in [0.4, 0.5) is 5.69 Å². The van der Waals surface area contributed by atoms with Gasteiger partial charge in [-0.2, -0.15) is 5.26 Å². The molecule has 84 valence electrons. The maximum absolute atomic E-state index is 9.10. The molecule has 0 saturated carbocycles. The molecule has 0 amide bonds. The molecular formula is C9H9N3O4. The Hall–Kier alpha value is -2.59. The molecule has 0 radical (unpaired) electrons. The van der Waals surface area contributed by atoms with Crippen LogP contribution in [-0.4, -0.2) is 22.2 Å². The molecule has 0 saturated heterocycles. The van der Waals surface area contributed by atoms with Crippen molar-refractivity contribution < 1.29 is 19.8 Å². The molecule has 0 heterocycles. The average molecular weight is 223 g/mol. The van der Waals surface area contributed by atoms with Crippen molar-refractivity contribution in [3.05, 3.63) is 29.8 Å². The SMILES string of the molecule is N#Cc1cccc(NN)c1.O=C(O)C(=O)O. The zero-order valence-electron chi connectivity index (χ0n) is 8.04. The minimum absolute atomic E-state index is 0.607. The van der Waals surface area contributed by atoms with E-state index in [2.05, 4.69) is 5.43 Å². The number of benzene rings is 1. The maximum atomic E-state index is 9.10. The van der Waals surface area contributed by atoms with E-state index in [-0.39, 0.29) is 0 Å². The predicted octanol–water partition coefficient (Wildman–Crippen LogP) is -0.000520. The number of carbonyl (C=O) groups is 2. The summed E-state index contributed by atoms with van der Waals surface area (Å²) in [6.45, 7) is 0. The molecule has 1 aromatic rings. The van der Waals surface area contributed by atoms with Crippen molar-refractivity contribution in [1.29, 1.82) is 5.26 Å². The summed E-state index contributed by atoms with van der Waals surface area (Å²) in [6, 6.07) is 8.97. The Morgan fingerprint density at radius 3 is 2.25 bits per heavy atom. The number of nitriles is 1. The van der Waals surface area contributed by atoms with E-state index in [4.69, 9.17) is 30.9 Å². The lowest BCUT2D eigenvalue weighted by molar-refractivity contribution is -0.159. The fourth-order valence-corrected chi connectivity index (χ4v) is 0.679. The third-order valence-electron chi connectivity index (χ3n) is 1.34. The Morgan fingerprint density at radius 2 is 1.88 bits per heavy atom. The van der Waals surface area contributed by atoms with Crippen LogP contribution in [0.25, 0.3) is 0 Å². The molecule has 0 fully saturated rings. The van der Waals surface area contributed by atoms with Crippen LogP contribution in [-0.2, 0) is 9.59 Å². The first-order chi connectivity index (χ1) is 7.51. The second kappa shape index (κ2) is 6.80. The van der Waals surface area contributed by atoms with Gasteiger partial charge in [0.1, 0.15) is 0 Å². The minimum atomic E-state index is -1.82. The third-order valence-corrected chi connectivity index (χ3v) is 1.34. The molecule has 1 rings (SSSR count). The zero-order valence-corrected chi connectivity index (χ0v) is 8.04. The van der Waals surface area contributed by atoms with Crippen LogP contribution >= 0.6 is 0 Å². The van der Waals surface area contributed by atoms with Gasteiger partial charge in [0.25, 0.3) is 0 Å². The van der Waals surface area contributed by atoms with Crippen molar-refractivity contribution in [2.24, 2.45) is 5.84 Å². The van der Waals surface area contributed by atoms with E-state index in [1.807, 2.05) is 6.07 Å². The van der Waals surface area contributed by atoms with Crippen molar-refractivity contribution in [2.75, 3.05) is 5.43 Å². The fourth-order valence-electron chi connectivity index (χ4n) is 0.679. The standard InChI is InChI=1S/C7H7N3.C2H2O4/c8-5-6-2-1-3-7(4-6)10-9;3-1(4)2(5)6/h1-4,10H,9H2;(H,3,4)(H,5,6). The fraction of sp³-hybridized carbons (Fsp3) is 0. The van der Waals surface area contributed by atoms with E-state index >= 15 is 0 Å². The molecule has 0 atom stereocenters. The molecule has 0 unspecified atom stereocenters. The summed E-state index contributed by atoms with van der Waals surface area (Å²) in [5.74, 6) is 1.47. The Kier molecular flexibility index (Phi) is 5.70. The summed E-state index contributed by atoms with van der Waals surface area (Å²) in [7, 11) is 0. The molecule has 0 aliphatic heterocycles. The summed E-state index contributed by atoms with van der Waals surface area (Å²) in [4.78, 5) is 18.2. The molecule has 0 spiro atoms. The van der Waals surface area contributed by atoms with Crippen LogP contribution in [0.1, 0.15) is 5.56 Å². The third kappa shape index (κ3) is 5.21. The zero-order chi connectivity index (χ0) is 12.6. The Balaban J connectivity index is 0.000000325. The Morgan fingerprint density at radius 1 is 1.31 bits per heavy atom. The molecule has 0 aliphatic rings. The summed E-state index contributed by atoms with van der Waals surface area (Å²) in [5.41, 5.74) is 3.81. The van der Waals surface area contributed by atoms with Gasteiger partial charge in [-0.15, -0.1) is 0 Å². The monoisotopic (exact) mass is 223 g/mol. The molecule has 0 aliphatic carbocycles. The first kappa shape index (κ1) is 13.4. The molecule has 0 bridgehead atoms. The van der Waals surface area contributed by atoms with Crippen molar-refractivity contribution in [1.82, 2.24) is 0 Å². The number of rotatable bonds is 1. The quantitative estimate of drug-likeness (QED) is 0.298. The number of hydrogen-bond acceptors (Lipinski definition) is 5. The van der Waals surface area contributed by atoms with E-state index in [9.17, 15) is 0 Å². The van der Waals surface area contributed by atoms with E-state index in [1.165, 1.54) is 0 Å². The average Bonchev–Trinajstić information content (AvgIpc) is 2.29. The number of hydrogen-bond donors (Lipinski definition) is 4. The molecule has 7 nitrogen and oxygen atoms in total. The number of anilines is 1. The van der Waals surface area contributed by atoms with Gasteiger partial charge in [-0.05, 0) is 18.2 Å². The lowest BCUT2D eigenvalue weighted by atomic mass is 10.2. The number of hydrazine groups is 1. The topological polar surface area (TPSA) is 136 Å². The number of nitrogens with one attached hydrogen (secondary N) is 1. The van der Waals surface area contributed by atoms with Crippen LogP contribution in [0.5, 0.6) is 0 Å². The molecular weight excluding hydrogens is 214 g/mol. The van der Waals surface area contributed by atoms with Crippen LogP contribution in [0, 0.1) is 11.3 Å². The second-order valence-electron chi connectivity index (χ2n) is 2.45. The van der Waals surface area contributed by atoms with Crippen LogP contribution in [0.15, 0.2) is 24.3 Å². The van der Waals surface area contributed by atoms with Gasteiger partial charge < -0.3 is 15.6 Å². The number of nitrogens with two attached hydrogens (primary N) is 1. The predicted molar refractivity (Wildman–Crippen MR) is 54.2 cm³/mol. The second-order valence-corrected chi connectivity index (χ2v) is 2.45. The van der Waals surface area contributed by atoms with Crippen LogP contribution in [0.3, 0.4) is 0 Å². The molecule has 5 N–H and O–H groups in total. The molecule has 0 aromatic heterocycles.